The largest absolute Gasteiger partial charge is 0.384 e. The molecular weight excluding hydrogens is 302 g/mol. The molecule has 2 fully saturated rings. The molecule has 0 bridgehead atoms. The van der Waals surface area contributed by atoms with Crippen molar-refractivity contribution in [1.82, 2.24) is 0 Å². The molecule has 7 nitrogen and oxygen atoms in total. The second-order valence-electron chi connectivity index (χ2n) is 6.42. The molecule has 128 valence electrons. The van der Waals surface area contributed by atoms with Gasteiger partial charge in [-0.25, -0.2) is 5.21 Å². The lowest BCUT2D eigenvalue weighted by atomic mass is 9.95. The summed E-state index contributed by atoms with van der Waals surface area (Å²) in [5.74, 6) is 0. The van der Waals surface area contributed by atoms with Gasteiger partial charge in [-0.05, 0) is 0 Å². The van der Waals surface area contributed by atoms with Gasteiger partial charge in [0.25, 0.3) is 0 Å². The molecule has 0 amide bonds. The minimum absolute atomic E-state index is 0.284. The first-order valence-corrected chi connectivity index (χ1v) is 7.66. The van der Waals surface area contributed by atoms with Gasteiger partial charge in [-0.3, -0.25) is 0 Å². The monoisotopic (exact) mass is 326 g/mol. The first-order valence-electron chi connectivity index (χ1n) is 7.66. The van der Waals surface area contributed by atoms with E-state index in [1.54, 1.807) is 14.1 Å². The van der Waals surface area contributed by atoms with Crippen LogP contribution in [-0.2, 0) is 18.9 Å². The zero-order valence-corrected chi connectivity index (χ0v) is 13.5. The number of hydrogen-bond donors (Lipinski definition) is 2. The van der Waals surface area contributed by atoms with Crippen LogP contribution in [0.5, 0.6) is 0 Å². The Balaban J connectivity index is 1.81. The van der Waals surface area contributed by atoms with Crippen LogP contribution < -0.4 is 0 Å². The minimum Gasteiger partial charge on any atom is -0.384 e. The van der Waals surface area contributed by atoms with Crippen LogP contribution in [0.2, 0.25) is 0 Å². The molecule has 1 aromatic carbocycles. The van der Waals surface area contributed by atoms with E-state index in [1.807, 2.05) is 30.3 Å². The van der Waals surface area contributed by atoms with Gasteiger partial charge >= 0.3 is 0 Å². The van der Waals surface area contributed by atoms with E-state index in [0.29, 0.717) is 0 Å². The molecule has 0 saturated carbocycles. The Kier molecular flexibility index (Phi) is 4.70. The number of hydroxylamine groups is 3. The summed E-state index contributed by atoms with van der Waals surface area (Å²) in [6, 6.07) is 8.85. The topological polar surface area (TPSA) is 77.4 Å². The molecule has 0 unspecified atom stereocenters. The summed E-state index contributed by atoms with van der Waals surface area (Å²) < 4.78 is 22.3. The summed E-state index contributed by atoms with van der Waals surface area (Å²) >= 11 is 0. The van der Waals surface area contributed by atoms with Crippen molar-refractivity contribution in [1.29, 1.82) is 0 Å². The van der Waals surface area contributed by atoms with Crippen LogP contribution in [0.3, 0.4) is 0 Å². The molecule has 23 heavy (non-hydrogen) atoms. The van der Waals surface area contributed by atoms with Crippen molar-refractivity contribution in [2.75, 3.05) is 27.8 Å². The highest BCUT2D eigenvalue weighted by Crippen LogP contribution is 2.36. The maximum absolute atomic E-state index is 10.7. The zero-order chi connectivity index (χ0) is 16.6. The van der Waals surface area contributed by atoms with Gasteiger partial charge in [0, 0.05) is 12.7 Å². The van der Waals surface area contributed by atoms with E-state index >= 15 is 0 Å². The molecule has 1 aromatic rings. The summed E-state index contributed by atoms with van der Waals surface area (Å²) in [7, 11) is 4.62. The number of likely N-dealkylation sites (N-methyl/N-ethyl adjacent to an activating group) is 1. The Labute approximate surface area is 135 Å². The van der Waals surface area contributed by atoms with Gasteiger partial charge in [-0.15, -0.1) is 0 Å². The van der Waals surface area contributed by atoms with Crippen LogP contribution in [-0.4, -0.2) is 73.4 Å². The number of quaternary nitrogens is 1. The Morgan fingerprint density at radius 3 is 2.48 bits per heavy atom. The number of ether oxygens (including phenoxy) is 4. The molecule has 2 saturated heterocycles. The number of benzene rings is 1. The summed E-state index contributed by atoms with van der Waals surface area (Å²) in [5, 5.41) is 21.1. The second kappa shape index (κ2) is 6.45. The molecule has 2 heterocycles. The normalized spacial score (nSPS) is 38.1. The summed E-state index contributed by atoms with van der Waals surface area (Å²) in [5.41, 5.74) is 0.876. The number of methoxy groups -OCH3 is 1. The van der Waals surface area contributed by atoms with E-state index in [4.69, 9.17) is 18.9 Å². The van der Waals surface area contributed by atoms with E-state index in [0.717, 1.165) is 5.56 Å². The van der Waals surface area contributed by atoms with Crippen molar-refractivity contribution < 1.29 is 33.9 Å². The highest BCUT2D eigenvalue weighted by molar-refractivity contribution is 5.16. The lowest BCUT2D eigenvalue weighted by molar-refractivity contribution is -1.10. The molecule has 2 aliphatic heterocycles. The van der Waals surface area contributed by atoms with E-state index in [9.17, 15) is 10.3 Å². The number of hydrogen-bond acceptors (Lipinski definition) is 6. The number of rotatable bonds is 3. The third-order valence-electron chi connectivity index (χ3n) is 4.37. The first-order chi connectivity index (χ1) is 10.9. The van der Waals surface area contributed by atoms with E-state index < -0.39 is 41.6 Å². The van der Waals surface area contributed by atoms with Crippen LogP contribution in [0.1, 0.15) is 11.9 Å². The van der Waals surface area contributed by atoms with Crippen LogP contribution >= 0.6 is 0 Å². The molecule has 0 spiro atoms. The van der Waals surface area contributed by atoms with E-state index in [2.05, 4.69) is 0 Å². The number of aliphatic hydroxyl groups excluding tert-OH is 1. The average Bonchev–Trinajstić information content (AvgIpc) is 2.54. The van der Waals surface area contributed by atoms with Gasteiger partial charge in [0.15, 0.2) is 12.3 Å². The maximum atomic E-state index is 10.7. The fourth-order valence-electron chi connectivity index (χ4n) is 3.22. The number of fused-ring (bicyclic) bond motifs is 1. The van der Waals surface area contributed by atoms with Gasteiger partial charge in [-0.1, -0.05) is 30.3 Å². The fourth-order valence-corrected chi connectivity index (χ4v) is 3.22. The molecule has 0 radical (unpaired) electrons. The average molecular weight is 326 g/mol. The molecule has 3 rings (SSSR count). The van der Waals surface area contributed by atoms with E-state index in [-0.39, 0.29) is 6.61 Å². The summed E-state index contributed by atoms with van der Waals surface area (Å²) in [4.78, 5) is 0. The van der Waals surface area contributed by atoms with Crippen molar-refractivity contribution in [3.05, 3.63) is 35.9 Å². The minimum atomic E-state index is -0.950. The van der Waals surface area contributed by atoms with Crippen molar-refractivity contribution in [3.63, 3.8) is 0 Å². The van der Waals surface area contributed by atoms with Gasteiger partial charge in [0.1, 0.15) is 18.3 Å². The highest BCUT2D eigenvalue weighted by atomic mass is 16.7. The SMILES string of the molecule is CO[C@H]1O[C@@H]2CO[C@@H](c3ccccc3)O[C@H]2[C@@H](O)[C@@H]1[N+](C)(C)O. The molecule has 6 atom stereocenters. The predicted octanol–water partition coefficient (Wildman–Crippen LogP) is 0.667. The van der Waals surface area contributed by atoms with Crippen LogP contribution in [0, 0.1) is 0 Å². The second-order valence-corrected chi connectivity index (χ2v) is 6.42. The fraction of sp³-hybridized carbons (Fsp3) is 0.625. The molecule has 7 heteroatoms. The lowest BCUT2D eigenvalue weighted by Crippen LogP contribution is -2.69. The molecule has 0 aromatic heterocycles. The number of aliphatic hydroxyl groups is 1. The smallest absolute Gasteiger partial charge is 0.216 e. The third-order valence-corrected chi connectivity index (χ3v) is 4.37. The molecule has 0 aliphatic carbocycles. The first kappa shape index (κ1) is 16.8. The Hall–Kier alpha value is -1.06. The number of nitrogens with zero attached hydrogens (tertiary/aromatic N) is 1. The Morgan fingerprint density at radius 1 is 1.17 bits per heavy atom. The van der Waals surface area contributed by atoms with Crippen molar-refractivity contribution in [2.45, 2.75) is 36.9 Å². The Bertz CT molecular complexity index is 519. The summed E-state index contributed by atoms with van der Waals surface area (Å²) in [6.45, 7) is 0.284. The van der Waals surface area contributed by atoms with E-state index in [1.165, 1.54) is 7.11 Å². The van der Waals surface area contributed by atoms with Crippen LogP contribution in [0.15, 0.2) is 30.3 Å². The predicted molar refractivity (Wildman–Crippen MR) is 79.4 cm³/mol. The highest BCUT2D eigenvalue weighted by Gasteiger charge is 2.55. The third kappa shape index (κ3) is 3.27. The summed E-state index contributed by atoms with van der Waals surface area (Å²) in [6.07, 6.45) is -3.31. The van der Waals surface area contributed by atoms with Crippen molar-refractivity contribution >= 4 is 0 Å². The molecular formula is C16H24NO6+. The standard InChI is InChI=1S/C16H24NO6/c1-17(2,19)12-13(18)14-11(22-16(12)20-3)9-21-15(23-14)10-7-5-4-6-8-10/h4-8,11-16,18-19H,9H2,1-3H3/q+1/t11-,12+,13+,14-,15-,16+/m1/s1. The van der Waals surface area contributed by atoms with Crippen molar-refractivity contribution in [3.8, 4) is 0 Å². The molecule has 2 aliphatic rings. The van der Waals surface area contributed by atoms with Crippen LogP contribution in [0.25, 0.3) is 0 Å². The van der Waals surface area contributed by atoms with Crippen LogP contribution in [0.4, 0.5) is 0 Å². The van der Waals surface area contributed by atoms with Gasteiger partial charge in [0.2, 0.25) is 6.29 Å². The van der Waals surface area contributed by atoms with Crippen molar-refractivity contribution in [2.24, 2.45) is 0 Å². The quantitative estimate of drug-likeness (QED) is 0.628. The maximum Gasteiger partial charge on any atom is 0.216 e. The zero-order valence-electron chi connectivity index (χ0n) is 13.5. The van der Waals surface area contributed by atoms with Gasteiger partial charge in [0.05, 0.1) is 20.7 Å². The Morgan fingerprint density at radius 2 is 1.87 bits per heavy atom. The van der Waals surface area contributed by atoms with Gasteiger partial charge < -0.3 is 24.1 Å². The molecule has 2 N–H and O–H groups in total. The van der Waals surface area contributed by atoms with Gasteiger partial charge in [-0.2, -0.15) is 4.65 Å². The lowest BCUT2D eigenvalue weighted by Gasteiger charge is -2.49.